The van der Waals surface area contributed by atoms with Gasteiger partial charge in [-0.15, -0.1) is 0 Å². The molecule has 0 amide bonds. The molecule has 0 atom stereocenters. The van der Waals surface area contributed by atoms with Crippen LogP contribution < -0.4 is 0 Å². The Balaban J connectivity index is 3.34. The molecule has 1 aromatic rings. The van der Waals surface area contributed by atoms with Crippen LogP contribution in [-0.2, 0) is 10.0 Å². The second-order valence-corrected chi connectivity index (χ2v) is 6.86. The summed E-state index contributed by atoms with van der Waals surface area (Å²) in [7, 11) is -2.65. The Kier molecular flexibility index (Phi) is 4.38. The molecule has 0 aliphatic rings. The van der Waals surface area contributed by atoms with Crippen molar-refractivity contribution in [2.45, 2.75) is 24.3 Å². The molecule has 18 heavy (non-hydrogen) atoms. The van der Waals surface area contributed by atoms with Gasteiger partial charge in [-0.05, 0) is 32.0 Å². The number of sulfonamides is 1. The first-order valence-electron chi connectivity index (χ1n) is 5.18. The van der Waals surface area contributed by atoms with Crippen LogP contribution in [0.3, 0.4) is 0 Å². The molecule has 7 heteroatoms. The molecule has 0 fully saturated rings. The molecule has 4 nitrogen and oxygen atoms in total. The first-order valence-corrected chi connectivity index (χ1v) is 6.99. The molecule has 1 N–H and O–H groups in total. The number of hydrogen-bond acceptors (Lipinski definition) is 3. The zero-order chi connectivity index (χ0) is 14.1. The highest BCUT2D eigenvalue weighted by Gasteiger charge is 2.34. The molecular weight excluding hydrogens is 281 g/mol. The largest absolute Gasteiger partial charge is 0.394 e. The molecule has 102 valence electrons. The fraction of sp³-hybridized carbons (Fsp3) is 0.455. The second kappa shape index (κ2) is 5.13. The van der Waals surface area contributed by atoms with Gasteiger partial charge in [0.25, 0.3) is 0 Å². The first kappa shape index (κ1) is 15.4. The molecule has 0 radical (unpaired) electrons. The lowest BCUT2D eigenvalue weighted by Crippen LogP contribution is -2.47. The molecular formula is C11H15ClFNO3S. The summed E-state index contributed by atoms with van der Waals surface area (Å²) in [6.07, 6.45) is 0. The van der Waals surface area contributed by atoms with E-state index < -0.39 is 21.4 Å². The smallest absolute Gasteiger partial charge is 0.244 e. The van der Waals surface area contributed by atoms with Crippen LogP contribution in [0.25, 0.3) is 0 Å². The lowest BCUT2D eigenvalue weighted by atomic mass is 10.1. The van der Waals surface area contributed by atoms with Crippen LogP contribution >= 0.6 is 11.6 Å². The van der Waals surface area contributed by atoms with Crippen LogP contribution in [0.1, 0.15) is 13.8 Å². The van der Waals surface area contributed by atoms with E-state index in [1.165, 1.54) is 13.1 Å². The monoisotopic (exact) mass is 295 g/mol. The standard InChI is InChI=1S/C11H15ClFNO3S/c1-11(2,7-15)14(3)18(16,17)10-6-8(13)4-5-9(10)12/h4-6,15H,7H2,1-3H3. The molecule has 0 unspecified atom stereocenters. The van der Waals surface area contributed by atoms with E-state index in [0.717, 1.165) is 16.4 Å². The van der Waals surface area contributed by atoms with Crippen molar-refractivity contribution >= 4 is 21.6 Å². The summed E-state index contributed by atoms with van der Waals surface area (Å²) in [5.74, 6) is -0.687. The minimum Gasteiger partial charge on any atom is -0.394 e. The molecule has 0 aromatic heterocycles. The van der Waals surface area contributed by atoms with Crippen LogP contribution in [-0.4, -0.2) is 37.0 Å². The summed E-state index contributed by atoms with van der Waals surface area (Å²) in [5, 5.41) is 9.13. The fourth-order valence-electron chi connectivity index (χ4n) is 1.25. The number of nitrogens with zero attached hydrogens (tertiary/aromatic N) is 1. The Bertz CT molecular complexity index is 545. The van der Waals surface area contributed by atoms with Crippen LogP contribution in [0.15, 0.2) is 23.1 Å². The third kappa shape index (κ3) is 2.83. The highest BCUT2D eigenvalue weighted by molar-refractivity contribution is 7.89. The third-order valence-corrected chi connectivity index (χ3v) is 5.32. The second-order valence-electron chi connectivity index (χ2n) is 4.52. The van der Waals surface area contributed by atoms with Crippen molar-refractivity contribution in [2.75, 3.05) is 13.7 Å². The van der Waals surface area contributed by atoms with Crippen LogP contribution in [0.5, 0.6) is 0 Å². The Morgan fingerprint density at radius 2 is 2.00 bits per heavy atom. The van der Waals surface area contributed by atoms with E-state index in [1.54, 1.807) is 13.8 Å². The van der Waals surface area contributed by atoms with E-state index in [2.05, 4.69) is 0 Å². The Hall–Kier alpha value is -0.690. The van der Waals surface area contributed by atoms with Gasteiger partial charge in [0.05, 0.1) is 17.2 Å². The zero-order valence-electron chi connectivity index (χ0n) is 10.3. The minimum absolute atomic E-state index is 0.0583. The molecule has 1 rings (SSSR count). The quantitative estimate of drug-likeness (QED) is 0.922. The maximum Gasteiger partial charge on any atom is 0.244 e. The highest BCUT2D eigenvalue weighted by Crippen LogP contribution is 2.28. The summed E-state index contributed by atoms with van der Waals surface area (Å²) in [6, 6.07) is 3.13. The maximum absolute atomic E-state index is 13.1. The normalized spacial score (nSPS) is 13.1. The zero-order valence-corrected chi connectivity index (χ0v) is 11.9. The summed E-state index contributed by atoms with van der Waals surface area (Å²) < 4.78 is 38.7. The van der Waals surface area contributed by atoms with Crippen molar-refractivity contribution in [1.29, 1.82) is 0 Å². The highest BCUT2D eigenvalue weighted by atomic mass is 35.5. The summed E-state index contributed by atoms with van der Waals surface area (Å²) in [4.78, 5) is -0.312. The van der Waals surface area contributed by atoms with E-state index in [9.17, 15) is 17.9 Å². The van der Waals surface area contributed by atoms with E-state index in [0.29, 0.717) is 0 Å². The average molecular weight is 296 g/mol. The van der Waals surface area contributed by atoms with Gasteiger partial charge >= 0.3 is 0 Å². The van der Waals surface area contributed by atoms with Gasteiger partial charge in [-0.1, -0.05) is 11.6 Å². The first-order chi connectivity index (χ1) is 8.13. The number of hydrogen-bond donors (Lipinski definition) is 1. The van der Waals surface area contributed by atoms with Gasteiger partial charge < -0.3 is 5.11 Å². The Morgan fingerprint density at radius 1 is 1.44 bits per heavy atom. The van der Waals surface area contributed by atoms with Crippen molar-refractivity contribution < 1.29 is 17.9 Å². The van der Waals surface area contributed by atoms with Gasteiger partial charge in [0.1, 0.15) is 10.7 Å². The van der Waals surface area contributed by atoms with Crippen LogP contribution in [0, 0.1) is 5.82 Å². The lowest BCUT2D eigenvalue weighted by Gasteiger charge is -2.32. The van der Waals surface area contributed by atoms with Crippen molar-refractivity contribution in [2.24, 2.45) is 0 Å². The van der Waals surface area contributed by atoms with Gasteiger partial charge in [0, 0.05) is 7.05 Å². The Morgan fingerprint density at radius 3 is 2.50 bits per heavy atom. The molecule has 0 spiro atoms. The van der Waals surface area contributed by atoms with Crippen molar-refractivity contribution in [3.05, 3.63) is 29.0 Å². The van der Waals surface area contributed by atoms with Crippen molar-refractivity contribution in [3.63, 3.8) is 0 Å². The van der Waals surface area contributed by atoms with E-state index in [-0.39, 0.29) is 16.5 Å². The molecule has 1 aromatic carbocycles. The third-order valence-electron chi connectivity index (χ3n) is 2.77. The molecule has 0 saturated carbocycles. The lowest BCUT2D eigenvalue weighted by molar-refractivity contribution is 0.138. The molecule has 0 aliphatic carbocycles. The van der Waals surface area contributed by atoms with Gasteiger partial charge in [0.15, 0.2) is 0 Å². The molecule has 0 aliphatic heterocycles. The molecule has 0 heterocycles. The van der Waals surface area contributed by atoms with E-state index in [4.69, 9.17) is 11.6 Å². The van der Waals surface area contributed by atoms with E-state index in [1.807, 2.05) is 0 Å². The van der Waals surface area contributed by atoms with Crippen molar-refractivity contribution in [1.82, 2.24) is 4.31 Å². The summed E-state index contributed by atoms with van der Waals surface area (Å²) in [6.45, 7) is 2.74. The number of aliphatic hydroxyl groups is 1. The van der Waals surface area contributed by atoms with Gasteiger partial charge in [-0.25, -0.2) is 12.8 Å². The van der Waals surface area contributed by atoms with Crippen molar-refractivity contribution in [3.8, 4) is 0 Å². The van der Waals surface area contributed by atoms with Gasteiger partial charge in [-0.3, -0.25) is 0 Å². The topological polar surface area (TPSA) is 57.6 Å². The fourth-order valence-corrected chi connectivity index (χ4v) is 3.24. The number of benzene rings is 1. The number of rotatable bonds is 4. The number of aliphatic hydroxyl groups excluding tert-OH is 1. The number of halogens is 2. The predicted molar refractivity (Wildman–Crippen MR) is 67.5 cm³/mol. The van der Waals surface area contributed by atoms with Gasteiger partial charge in [-0.2, -0.15) is 4.31 Å². The summed E-state index contributed by atoms with van der Waals surface area (Å²) >= 11 is 5.78. The number of likely N-dealkylation sites (N-methyl/N-ethyl adjacent to an activating group) is 1. The van der Waals surface area contributed by atoms with Gasteiger partial charge in [0.2, 0.25) is 10.0 Å². The Labute approximate surface area is 111 Å². The SMILES string of the molecule is CN(C(C)(C)CO)S(=O)(=O)c1cc(F)ccc1Cl. The average Bonchev–Trinajstić information content (AvgIpc) is 2.31. The maximum atomic E-state index is 13.1. The minimum atomic E-state index is -3.96. The summed E-state index contributed by atoms with van der Waals surface area (Å²) in [5.41, 5.74) is -1.01. The predicted octanol–water partition coefficient (Wildman–Crippen LogP) is 1.87. The molecule has 0 saturated heterocycles. The van der Waals surface area contributed by atoms with Crippen LogP contribution in [0.4, 0.5) is 4.39 Å². The van der Waals surface area contributed by atoms with E-state index >= 15 is 0 Å². The molecule has 0 bridgehead atoms. The van der Waals surface area contributed by atoms with Crippen LogP contribution in [0.2, 0.25) is 5.02 Å².